The Bertz CT molecular complexity index is 535. The first-order valence-corrected chi connectivity index (χ1v) is 7.47. The third-order valence-corrected chi connectivity index (χ3v) is 4.08. The van der Waals surface area contributed by atoms with Gasteiger partial charge in [-0.05, 0) is 37.6 Å². The van der Waals surface area contributed by atoms with Crippen molar-refractivity contribution in [2.75, 3.05) is 13.6 Å². The number of aliphatic hydroxyl groups is 1. The first-order valence-electron chi connectivity index (χ1n) is 7.47. The van der Waals surface area contributed by atoms with Crippen molar-refractivity contribution in [3.8, 4) is 11.8 Å². The predicted molar refractivity (Wildman–Crippen MR) is 82.1 cm³/mol. The van der Waals surface area contributed by atoms with Crippen LogP contribution in [0.15, 0.2) is 18.2 Å². The van der Waals surface area contributed by atoms with Crippen LogP contribution in [0.2, 0.25) is 0 Å². The molecule has 0 aromatic heterocycles. The van der Waals surface area contributed by atoms with E-state index in [-0.39, 0.29) is 24.5 Å². The lowest BCUT2D eigenvalue weighted by atomic mass is 9.91. The second kappa shape index (κ2) is 7.56. The van der Waals surface area contributed by atoms with E-state index in [1.807, 2.05) is 7.05 Å². The van der Waals surface area contributed by atoms with Crippen molar-refractivity contribution in [2.45, 2.75) is 44.4 Å². The van der Waals surface area contributed by atoms with Gasteiger partial charge in [-0.25, -0.2) is 4.39 Å². The average Bonchev–Trinajstić information content (AvgIpc) is 2.47. The Balaban J connectivity index is 2.14. The number of hydrogen-bond acceptors (Lipinski definition) is 3. The fourth-order valence-electron chi connectivity index (χ4n) is 2.94. The molecule has 2 atom stereocenters. The van der Waals surface area contributed by atoms with Gasteiger partial charge in [0.15, 0.2) is 0 Å². The molecule has 4 heteroatoms. The van der Waals surface area contributed by atoms with Crippen molar-refractivity contribution in [3.05, 3.63) is 35.1 Å². The molecule has 21 heavy (non-hydrogen) atoms. The minimum atomic E-state index is -0.291. The summed E-state index contributed by atoms with van der Waals surface area (Å²) in [5.74, 6) is 5.41. The molecular weight excluding hydrogens is 267 g/mol. The van der Waals surface area contributed by atoms with Crippen LogP contribution in [0.1, 0.15) is 36.8 Å². The molecule has 3 nitrogen and oxygen atoms in total. The van der Waals surface area contributed by atoms with Crippen LogP contribution in [-0.4, -0.2) is 35.7 Å². The molecule has 0 bridgehead atoms. The maximum absolute atomic E-state index is 13.4. The van der Waals surface area contributed by atoms with Crippen molar-refractivity contribution in [1.29, 1.82) is 0 Å². The van der Waals surface area contributed by atoms with E-state index in [0.717, 1.165) is 31.2 Å². The van der Waals surface area contributed by atoms with Gasteiger partial charge in [-0.15, -0.1) is 0 Å². The Labute approximate surface area is 125 Å². The van der Waals surface area contributed by atoms with Crippen molar-refractivity contribution < 1.29 is 9.50 Å². The summed E-state index contributed by atoms with van der Waals surface area (Å²) < 4.78 is 13.4. The zero-order chi connectivity index (χ0) is 15.2. The molecule has 2 unspecified atom stereocenters. The molecule has 0 saturated heterocycles. The summed E-state index contributed by atoms with van der Waals surface area (Å²) in [6.07, 6.45) is 3.83. The van der Waals surface area contributed by atoms with E-state index in [4.69, 9.17) is 5.73 Å². The first kappa shape index (κ1) is 16.0. The topological polar surface area (TPSA) is 49.5 Å². The summed E-state index contributed by atoms with van der Waals surface area (Å²) >= 11 is 0. The minimum absolute atomic E-state index is 0.166. The zero-order valence-electron chi connectivity index (χ0n) is 12.5. The molecule has 1 aromatic carbocycles. The number of halogens is 1. The van der Waals surface area contributed by atoms with Gasteiger partial charge in [0.2, 0.25) is 0 Å². The quantitative estimate of drug-likeness (QED) is 0.836. The minimum Gasteiger partial charge on any atom is -0.391 e. The largest absolute Gasteiger partial charge is 0.391 e. The predicted octanol–water partition coefficient (Wildman–Crippen LogP) is 1.87. The van der Waals surface area contributed by atoms with Gasteiger partial charge in [0.25, 0.3) is 0 Å². The van der Waals surface area contributed by atoms with Crippen LogP contribution in [0.3, 0.4) is 0 Å². The fourth-order valence-corrected chi connectivity index (χ4v) is 2.94. The number of likely N-dealkylation sites (N-methyl/N-ethyl adjacent to an activating group) is 1. The van der Waals surface area contributed by atoms with E-state index in [9.17, 15) is 9.50 Å². The van der Waals surface area contributed by atoms with Crippen molar-refractivity contribution in [2.24, 2.45) is 5.73 Å². The summed E-state index contributed by atoms with van der Waals surface area (Å²) in [6.45, 7) is 0.906. The molecule has 1 aliphatic rings. The highest BCUT2D eigenvalue weighted by molar-refractivity contribution is 5.42. The molecule has 0 amide bonds. The van der Waals surface area contributed by atoms with Gasteiger partial charge >= 0.3 is 0 Å². The van der Waals surface area contributed by atoms with Crippen LogP contribution in [-0.2, 0) is 6.54 Å². The molecule has 114 valence electrons. The van der Waals surface area contributed by atoms with Crippen molar-refractivity contribution in [3.63, 3.8) is 0 Å². The monoisotopic (exact) mass is 290 g/mol. The first-order chi connectivity index (χ1) is 10.1. The van der Waals surface area contributed by atoms with E-state index in [0.29, 0.717) is 12.1 Å². The molecule has 1 saturated carbocycles. The maximum atomic E-state index is 13.4. The smallest absolute Gasteiger partial charge is 0.124 e. The van der Waals surface area contributed by atoms with E-state index < -0.39 is 0 Å². The molecule has 0 spiro atoms. The van der Waals surface area contributed by atoms with Gasteiger partial charge in [-0.2, -0.15) is 0 Å². The second-order valence-corrected chi connectivity index (χ2v) is 5.64. The molecule has 2 rings (SSSR count). The number of aliphatic hydroxyl groups excluding tert-OH is 1. The number of benzene rings is 1. The average molecular weight is 290 g/mol. The Morgan fingerprint density at radius 2 is 2.14 bits per heavy atom. The van der Waals surface area contributed by atoms with Crippen molar-refractivity contribution in [1.82, 2.24) is 4.90 Å². The summed E-state index contributed by atoms with van der Waals surface area (Å²) in [6, 6.07) is 4.83. The van der Waals surface area contributed by atoms with Crippen LogP contribution in [0.4, 0.5) is 4.39 Å². The van der Waals surface area contributed by atoms with E-state index in [1.54, 1.807) is 6.07 Å². The molecular formula is C17H23FN2O. The Morgan fingerprint density at radius 1 is 1.38 bits per heavy atom. The third kappa shape index (κ3) is 4.28. The van der Waals surface area contributed by atoms with Crippen LogP contribution in [0, 0.1) is 17.7 Å². The molecule has 0 heterocycles. The molecule has 0 aliphatic heterocycles. The van der Waals surface area contributed by atoms with Crippen LogP contribution >= 0.6 is 0 Å². The molecule has 1 aromatic rings. The van der Waals surface area contributed by atoms with Crippen LogP contribution in [0.25, 0.3) is 0 Å². The Hall–Kier alpha value is -1.41. The highest BCUT2D eigenvalue weighted by Crippen LogP contribution is 2.24. The summed E-state index contributed by atoms with van der Waals surface area (Å²) in [5.41, 5.74) is 7.04. The lowest BCUT2D eigenvalue weighted by Gasteiger charge is -2.35. The Kier molecular flexibility index (Phi) is 5.75. The summed E-state index contributed by atoms with van der Waals surface area (Å²) in [5, 5.41) is 10.1. The van der Waals surface area contributed by atoms with E-state index in [2.05, 4.69) is 16.7 Å². The zero-order valence-corrected chi connectivity index (χ0v) is 12.5. The second-order valence-electron chi connectivity index (χ2n) is 5.64. The molecule has 1 aliphatic carbocycles. The van der Waals surface area contributed by atoms with Gasteiger partial charge in [0.1, 0.15) is 5.82 Å². The summed E-state index contributed by atoms with van der Waals surface area (Å²) in [4.78, 5) is 2.14. The number of hydrogen-bond donors (Lipinski definition) is 2. The molecule has 0 radical (unpaired) electrons. The maximum Gasteiger partial charge on any atom is 0.124 e. The standard InChI is InChI=1S/C17H23FN2O/c1-20(16-6-2-3-7-17(16)21)12-14-8-9-15(18)11-13(14)5-4-10-19/h8-9,11,16-17,21H,2-3,6-7,10,12,19H2,1H3. The number of nitrogens with zero attached hydrogens (tertiary/aromatic N) is 1. The van der Waals surface area contributed by atoms with Gasteiger partial charge in [0.05, 0.1) is 12.6 Å². The third-order valence-electron chi connectivity index (χ3n) is 4.08. The lowest BCUT2D eigenvalue weighted by Crippen LogP contribution is -2.42. The van der Waals surface area contributed by atoms with Gasteiger partial charge in [0, 0.05) is 18.2 Å². The highest BCUT2D eigenvalue weighted by Gasteiger charge is 2.26. The van der Waals surface area contributed by atoms with E-state index in [1.165, 1.54) is 12.1 Å². The summed E-state index contributed by atoms with van der Waals surface area (Å²) in [7, 11) is 2.00. The highest BCUT2D eigenvalue weighted by atomic mass is 19.1. The van der Waals surface area contributed by atoms with Crippen LogP contribution in [0.5, 0.6) is 0 Å². The molecule has 1 fully saturated rings. The van der Waals surface area contributed by atoms with Gasteiger partial charge < -0.3 is 10.8 Å². The fraction of sp³-hybridized carbons (Fsp3) is 0.529. The SMILES string of the molecule is CN(Cc1ccc(F)cc1C#CCN)C1CCCCC1O. The Morgan fingerprint density at radius 3 is 2.86 bits per heavy atom. The van der Waals surface area contributed by atoms with Crippen molar-refractivity contribution >= 4 is 0 Å². The van der Waals surface area contributed by atoms with Gasteiger partial charge in [-0.3, -0.25) is 4.90 Å². The van der Waals surface area contributed by atoms with E-state index >= 15 is 0 Å². The molecule has 3 N–H and O–H groups in total. The lowest BCUT2D eigenvalue weighted by molar-refractivity contribution is 0.0288. The normalized spacial score (nSPS) is 22.0. The van der Waals surface area contributed by atoms with Gasteiger partial charge in [-0.1, -0.05) is 30.7 Å². The number of nitrogens with two attached hydrogens (primary N) is 1. The van der Waals surface area contributed by atoms with Crippen LogP contribution < -0.4 is 5.73 Å². The number of rotatable bonds is 3.